The fourth-order valence-corrected chi connectivity index (χ4v) is 1.60. The lowest BCUT2D eigenvalue weighted by Gasteiger charge is -2.35. The van der Waals surface area contributed by atoms with Gasteiger partial charge in [-0.1, -0.05) is 6.92 Å². The van der Waals surface area contributed by atoms with Crippen LogP contribution in [-0.2, 0) is 4.79 Å². The minimum Gasteiger partial charge on any atom is -0.340 e. The Hall–Kier alpha value is -0.570. The molecule has 1 aliphatic heterocycles. The van der Waals surface area contributed by atoms with Gasteiger partial charge in [-0.25, -0.2) is 0 Å². The summed E-state index contributed by atoms with van der Waals surface area (Å²) in [4.78, 5) is 13.8. The first-order chi connectivity index (χ1) is 6.20. The quantitative estimate of drug-likeness (QED) is 0.702. The molecule has 1 saturated heterocycles. The molecule has 3 heteroatoms. The summed E-state index contributed by atoms with van der Waals surface area (Å²) in [6.45, 7) is 8.87. The van der Waals surface area contributed by atoms with Crippen LogP contribution < -0.4 is 5.32 Å². The molecule has 1 fully saturated rings. The Labute approximate surface area is 80.5 Å². The number of hydrogen-bond acceptors (Lipinski definition) is 2. The summed E-state index contributed by atoms with van der Waals surface area (Å²) in [5.41, 5.74) is 0. The number of nitrogens with one attached hydrogen (secondary N) is 1. The second kappa shape index (κ2) is 4.61. The van der Waals surface area contributed by atoms with Gasteiger partial charge in [-0.3, -0.25) is 4.79 Å². The largest absolute Gasteiger partial charge is 0.340 e. The topological polar surface area (TPSA) is 32.3 Å². The lowest BCUT2D eigenvalue weighted by Crippen LogP contribution is -2.53. The van der Waals surface area contributed by atoms with Crippen LogP contribution in [0.1, 0.15) is 27.2 Å². The maximum Gasteiger partial charge on any atom is 0.228 e. The zero-order valence-corrected chi connectivity index (χ0v) is 8.84. The predicted molar refractivity (Wildman–Crippen MR) is 53.5 cm³/mol. The molecule has 0 aromatic carbocycles. The number of rotatable bonds is 4. The van der Waals surface area contributed by atoms with Gasteiger partial charge in [0.05, 0.1) is 5.92 Å². The Morgan fingerprint density at radius 1 is 1.54 bits per heavy atom. The van der Waals surface area contributed by atoms with E-state index < -0.39 is 0 Å². The van der Waals surface area contributed by atoms with Gasteiger partial charge in [0.15, 0.2) is 0 Å². The monoisotopic (exact) mass is 184 g/mol. The molecular weight excluding hydrogens is 164 g/mol. The number of hydrogen-bond donors (Lipinski definition) is 1. The molecule has 0 aliphatic carbocycles. The van der Waals surface area contributed by atoms with E-state index in [0.717, 1.165) is 26.1 Å². The van der Waals surface area contributed by atoms with Crippen molar-refractivity contribution >= 4 is 5.91 Å². The van der Waals surface area contributed by atoms with Crippen LogP contribution in [0, 0.1) is 5.92 Å². The van der Waals surface area contributed by atoms with Crippen molar-refractivity contribution in [3.8, 4) is 0 Å². The first-order valence-electron chi connectivity index (χ1n) is 5.21. The molecule has 1 heterocycles. The van der Waals surface area contributed by atoms with Crippen LogP contribution in [-0.4, -0.2) is 36.5 Å². The lowest BCUT2D eigenvalue weighted by atomic mass is 10.0. The average molecular weight is 184 g/mol. The molecule has 0 aromatic heterocycles. The Bertz CT molecular complexity index is 178. The summed E-state index contributed by atoms with van der Waals surface area (Å²) >= 11 is 0. The van der Waals surface area contributed by atoms with Gasteiger partial charge >= 0.3 is 0 Å². The molecule has 3 nitrogen and oxygen atoms in total. The molecule has 0 spiro atoms. The zero-order chi connectivity index (χ0) is 9.84. The van der Waals surface area contributed by atoms with Crippen molar-refractivity contribution in [2.24, 2.45) is 5.92 Å². The summed E-state index contributed by atoms with van der Waals surface area (Å²) in [7, 11) is 0. The summed E-state index contributed by atoms with van der Waals surface area (Å²) in [5, 5.41) is 3.13. The Kier molecular flexibility index (Phi) is 3.72. The van der Waals surface area contributed by atoms with Crippen LogP contribution in [0.4, 0.5) is 0 Å². The third-order valence-corrected chi connectivity index (χ3v) is 2.88. The van der Waals surface area contributed by atoms with Gasteiger partial charge in [0.1, 0.15) is 0 Å². The summed E-state index contributed by atoms with van der Waals surface area (Å²) in [5.74, 6) is 0.574. The van der Waals surface area contributed by atoms with E-state index in [9.17, 15) is 4.79 Å². The highest BCUT2D eigenvalue weighted by Gasteiger charge is 2.30. The third-order valence-electron chi connectivity index (χ3n) is 2.88. The Morgan fingerprint density at radius 3 is 2.46 bits per heavy atom. The molecule has 0 radical (unpaired) electrons. The predicted octanol–water partition coefficient (Wildman–Crippen LogP) is 0.853. The van der Waals surface area contributed by atoms with E-state index in [1.54, 1.807) is 0 Å². The highest BCUT2D eigenvalue weighted by atomic mass is 16.2. The van der Waals surface area contributed by atoms with E-state index in [1.807, 2.05) is 4.90 Å². The van der Waals surface area contributed by atoms with Crippen molar-refractivity contribution < 1.29 is 4.79 Å². The molecule has 1 amide bonds. The highest BCUT2D eigenvalue weighted by molar-refractivity contribution is 5.80. The zero-order valence-electron chi connectivity index (χ0n) is 8.84. The van der Waals surface area contributed by atoms with E-state index in [0.29, 0.717) is 11.9 Å². The minimum atomic E-state index is 0.244. The van der Waals surface area contributed by atoms with Gasteiger partial charge in [0.2, 0.25) is 5.91 Å². The number of carbonyl (C=O) groups excluding carboxylic acids is 1. The Balaban J connectivity index is 2.48. The van der Waals surface area contributed by atoms with Crippen LogP contribution in [0.3, 0.4) is 0 Å². The van der Waals surface area contributed by atoms with Crippen LogP contribution in [0.15, 0.2) is 0 Å². The van der Waals surface area contributed by atoms with Gasteiger partial charge in [0, 0.05) is 25.7 Å². The van der Waals surface area contributed by atoms with Crippen molar-refractivity contribution in [1.82, 2.24) is 10.2 Å². The van der Waals surface area contributed by atoms with E-state index >= 15 is 0 Å². The standard InChI is InChI=1S/C10H20N2O/c1-4-8(3)12(5-2)10(13)9-6-11-7-9/h8-9,11H,4-7H2,1-3H3. The van der Waals surface area contributed by atoms with Gasteiger partial charge in [-0.05, 0) is 20.3 Å². The van der Waals surface area contributed by atoms with Gasteiger partial charge in [-0.15, -0.1) is 0 Å². The molecule has 0 bridgehead atoms. The molecule has 1 unspecified atom stereocenters. The van der Waals surface area contributed by atoms with Crippen LogP contribution >= 0.6 is 0 Å². The fourth-order valence-electron chi connectivity index (χ4n) is 1.60. The van der Waals surface area contributed by atoms with Crippen molar-refractivity contribution in [2.75, 3.05) is 19.6 Å². The van der Waals surface area contributed by atoms with E-state index in [-0.39, 0.29) is 5.92 Å². The van der Waals surface area contributed by atoms with Crippen molar-refractivity contribution in [2.45, 2.75) is 33.2 Å². The molecule has 13 heavy (non-hydrogen) atoms. The highest BCUT2D eigenvalue weighted by Crippen LogP contribution is 2.12. The summed E-state index contributed by atoms with van der Waals surface area (Å²) < 4.78 is 0. The molecule has 1 atom stereocenters. The number of carbonyl (C=O) groups is 1. The SMILES string of the molecule is CCC(C)N(CC)C(=O)C1CNC1. The molecule has 1 aliphatic rings. The molecule has 1 rings (SSSR count). The van der Waals surface area contributed by atoms with Crippen molar-refractivity contribution in [3.05, 3.63) is 0 Å². The average Bonchev–Trinajstić information content (AvgIpc) is 2.02. The van der Waals surface area contributed by atoms with Gasteiger partial charge < -0.3 is 10.2 Å². The lowest BCUT2D eigenvalue weighted by molar-refractivity contribution is -0.139. The van der Waals surface area contributed by atoms with Crippen LogP contribution in [0.5, 0.6) is 0 Å². The van der Waals surface area contributed by atoms with Crippen molar-refractivity contribution in [3.63, 3.8) is 0 Å². The second-order valence-corrected chi connectivity index (χ2v) is 3.74. The second-order valence-electron chi connectivity index (χ2n) is 3.74. The van der Waals surface area contributed by atoms with E-state index in [4.69, 9.17) is 0 Å². The first kappa shape index (κ1) is 10.5. The first-order valence-corrected chi connectivity index (χ1v) is 5.21. The van der Waals surface area contributed by atoms with Gasteiger partial charge in [-0.2, -0.15) is 0 Å². The summed E-state index contributed by atoms with van der Waals surface area (Å²) in [6.07, 6.45) is 1.04. The van der Waals surface area contributed by atoms with E-state index in [2.05, 4.69) is 26.1 Å². The number of nitrogens with zero attached hydrogens (tertiary/aromatic N) is 1. The van der Waals surface area contributed by atoms with Gasteiger partial charge in [0.25, 0.3) is 0 Å². The minimum absolute atomic E-state index is 0.244. The molecule has 1 N–H and O–H groups in total. The molecule has 0 saturated carbocycles. The summed E-state index contributed by atoms with van der Waals surface area (Å²) in [6, 6.07) is 0.387. The third kappa shape index (κ3) is 2.21. The molecule has 0 aromatic rings. The smallest absolute Gasteiger partial charge is 0.228 e. The normalized spacial score (nSPS) is 19.3. The van der Waals surface area contributed by atoms with E-state index in [1.165, 1.54) is 0 Å². The van der Waals surface area contributed by atoms with Crippen LogP contribution in [0.2, 0.25) is 0 Å². The molecule has 76 valence electrons. The van der Waals surface area contributed by atoms with Crippen LogP contribution in [0.25, 0.3) is 0 Å². The maximum atomic E-state index is 11.8. The number of amides is 1. The fraction of sp³-hybridized carbons (Fsp3) is 0.900. The Morgan fingerprint density at radius 2 is 2.15 bits per heavy atom. The van der Waals surface area contributed by atoms with Crippen molar-refractivity contribution in [1.29, 1.82) is 0 Å². The maximum absolute atomic E-state index is 11.8. The molecular formula is C10H20N2O.